The van der Waals surface area contributed by atoms with Crippen LogP contribution in [-0.4, -0.2) is 54.8 Å². The zero-order valence-electron chi connectivity index (χ0n) is 29.9. The number of aromatic nitrogens is 5. The molecular weight excluding hydrogens is 781 g/mol. The minimum absolute atomic E-state index is 0.0356. The third-order valence-electron chi connectivity index (χ3n) is 10.6. The molecule has 3 aliphatic rings. The number of hydrogen-bond donors (Lipinski definition) is 4. The van der Waals surface area contributed by atoms with Gasteiger partial charge in [0.25, 0.3) is 0 Å². The molecule has 0 radical (unpaired) electrons. The van der Waals surface area contributed by atoms with Gasteiger partial charge >= 0.3 is 12.1 Å². The first-order chi connectivity index (χ1) is 26.9. The van der Waals surface area contributed by atoms with Crippen molar-refractivity contribution >= 4 is 34.2 Å². The van der Waals surface area contributed by atoms with Gasteiger partial charge in [0.05, 0.1) is 33.1 Å². The lowest BCUT2D eigenvalue weighted by Gasteiger charge is -2.32. The molecule has 1 saturated heterocycles. The summed E-state index contributed by atoms with van der Waals surface area (Å²) < 4.78 is 105. The summed E-state index contributed by atoms with van der Waals surface area (Å²) in [6, 6.07) is 7.68. The van der Waals surface area contributed by atoms with Crippen molar-refractivity contribution in [2.45, 2.75) is 49.5 Å². The summed E-state index contributed by atoms with van der Waals surface area (Å²) in [5.41, 5.74) is 2.30. The van der Waals surface area contributed by atoms with Gasteiger partial charge in [0.2, 0.25) is 5.91 Å². The molecule has 5 aromatic rings. The van der Waals surface area contributed by atoms with E-state index in [1.807, 2.05) is 0 Å². The van der Waals surface area contributed by atoms with Crippen LogP contribution in [0.3, 0.4) is 0 Å². The molecule has 0 spiro atoms. The molecule has 1 amide bonds. The number of aliphatic hydroxyl groups is 1. The Hall–Kier alpha value is -5.62. The molecule has 4 heterocycles. The third-order valence-corrected chi connectivity index (χ3v) is 10.9. The number of nitrogens with two attached hydrogens (primary N) is 1. The van der Waals surface area contributed by atoms with Crippen LogP contribution in [0.15, 0.2) is 42.5 Å². The molecule has 57 heavy (non-hydrogen) atoms. The van der Waals surface area contributed by atoms with Crippen molar-refractivity contribution in [3.8, 4) is 34.8 Å². The van der Waals surface area contributed by atoms with E-state index in [1.165, 1.54) is 11.6 Å². The number of carbonyl (C=O) groups excluding carboxylic acids is 1. The monoisotopic (exact) mass is 810 g/mol. The average molecular weight is 811 g/mol. The lowest BCUT2D eigenvalue weighted by molar-refractivity contribution is -0.143. The summed E-state index contributed by atoms with van der Waals surface area (Å²) >= 11 is 6.52. The highest BCUT2D eigenvalue weighted by atomic mass is 35.5. The summed E-state index contributed by atoms with van der Waals surface area (Å²) in [6.45, 7) is 1.17. The molecule has 4 atom stereocenters. The van der Waals surface area contributed by atoms with Gasteiger partial charge in [-0.25, -0.2) is 13.8 Å². The number of hydrogen-bond acceptors (Lipinski definition) is 7. The largest absolute Gasteiger partial charge is 0.435 e. The minimum atomic E-state index is -5.15. The summed E-state index contributed by atoms with van der Waals surface area (Å²) in [5, 5.41) is 24.7. The number of fused-ring (bicyclic) bond motifs is 4. The molecule has 2 aromatic carbocycles. The number of nitrogen functional groups attached to an aromatic ring is 1. The molecule has 3 aromatic heterocycles. The molecular formula is C39H30ClF7N8O2. The number of aryl methyl sites for hydroxylation is 1. The van der Waals surface area contributed by atoms with E-state index in [-0.39, 0.29) is 40.1 Å². The molecule has 2 aliphatic carbocycles. The van der Waals surface area contributed by atoms with E-state index in [0.717, 1.165) is 12.1 Å². The Morgan fingerprint density at radius 2 is 1.84 bits per heavy atom. The van der Waals surface area contributed by atoms with Crippen molar-refractivity contribution in [3.05, 3.63) is 93.0 Å². The number of amides is 1. The molecule has 1 unspecified atom stereocenters. The number of halogens is 8. The van der Waals surface area contributed by atoms with Crippen LogP contribution in [0.25, 0.3) is 22.0 Å². The topological polar surface area (TPSA) is 136 Å². The van der Waals surface area contributed by atoms with Crippen LogP contribution in [0.1, 0.15) is 46.9 Å². The number of alkyl halides is 5. The molecule has 10 nitrogen and oxygen atoms in total. The lowest BCUT2D eigenvalue weighted by Crippen LogP contribution is -2.48. The maximum absolute atomic E-state index is 15.8. The number of pyridine rings is 1. The molecule has 8 rings (SSSR count). The van der Waals surface area contributed by atoms with Crippen molar-refractivity contribution in [1.29, 1.82) is 0 Å². The molecule has 0 bridgehead atoms. The Morgan fingerprint density at radius 1 is 1.14 bits per heavy atom. The number of nitrogens with zero attached hydrogens (tertiary/aromatic N) is 5. The Balaban J connectivity index is 1.26. The van der Waals surface area contributed by atoms with E-state index in [0.29, 0.717) is 45.9 Å². The molecule has 5 N–H and O–H groups in total. The highest BCUT2D eigenvalue weighted by molar-refractivity contribution is 6.37. The molecule has 0 saturated carbocycles. The highest BCUT2D eigenvalue weighted by Crippen LogP contribution is 2.61. The fourth-order valence-electron chi connectivity index (χ4n) is 7.78. The van der Waals surface area contributed by atoms with Gasteiger partial charge in [0.15, 0.2) is 11.5 Å². The second kappa shape index (κ2) is 13.5. The van der Waals surface area contributed by atoms with Gasteiger partial charge in [-0.3, -0.25) is 14.2 Å². The Morgan fingerprint density at radius 3 is 2.47 bits per heavy atom. The standard InChI is InChI=1S/C39H30ClF7N8O2/c1-37-10-9-28(37)38(43,44)35-31(37)34(39(45,46)47)52-55(35)17-29(57)51-26(13-18-11-20(41)14-21(42)12-18)32-23(5-3-22(50-32)4-8-27(56)19-15-49-16-19)24-6-7-25(40)30-33(24)54(2)53-36(30)48/h3,5-7,11-12,14,19,26-28,49,56H,13,15-17H2,1-2H3,(H2,48,53)(H,51,57)/t26-,27?,28+,37-/m0/s1. The van der Waals surface area contributed by atoms with Crippen LogP contribution in [0, 0.1) is 47.2 Å². The molecule has 1 aliphatic heterocycles. The minimum Gasteiger partial charge on any atom is -0.382 e. The van der Waals surface area contributed by atoms with E-state index in [2.05, 4.69) is 44.5 Å². The smallest absolute Gasteiger partial charge is 0.382 e. The van der Waals surface area contributed by atoms with E-state index in [4.69, 9.17) is 22.3 Å². The number of benzene rings is 2. The van der Waals surface area contributed by atoms with Crippen LogP contribution in [-0.2, 0) is 42.3 Å². The fourth-order valence-corrected chi connectivity index (χ4v) is 8.03. The van der Waals surface area contributed by atoms with Gasteiger partial charge in [0, 0.05) is 48.8 Å². The first kappa shape index (κ1) is 38.3. The van der Waals surface area contributed by atoms with Crippen LogP contribution in [0.2, 0.25) is 5.02 Å². The van der Waals surface area contributed by atoms with Crippen LogP contribution >= 0.6 is 11.6 Å². The molecule has 294 valence electrons. The van der Waals surface area contributed by atoms with Crippen molar-refractivity contribution in [2.75, 3.05) is 18.8 Å². The van der Waals surface area contributed by atoms with Crippen LogP contribution in [0.5, 0.6) is 0 Å². The van der Waals surface area contributed by atoms with Crippen molar-refractivity contribution in [1.82, 2.24) is 35.2 Å². The third kappa shape index (κ3) is 6.43. The van der Waals surface area contributed by atoms with Gasteiger partial charge in [-0.05, 0) is 55.2 Å². The van der Waals surface area contributed by atoms with Gasteiger partial charge in [-0.15, -0.1) is 0 Å². The first-order valence-electron chi connectivity index (χ1n) is 17.5. The Kier molecular flexibility index (Phi) is 9.06. The maximum atomic E-state index is 15.8. The number of carbonyl (C=O) groups is 1. The predicted molar refractivity (Wildman–Crippen MR) is 193 cm³/mol. The van der Waals surface area contributed by atoms with Gasteiger partial charge in [0.1, 0.15) is 41.6 Å². The van der Waals surface area contributed by atoms with E-state index in [1.54, 1.807) is 31.3 Å². The Bertz CT molecular complexity index is 2610. The van der Waals surface area contributed by atoms with Crippen LogP contribution < -0.4 is 16.4 Å². The normalized spacial score (nSPS) is 20.3. The molecule has 18 heteroatoms. The second-order valence-corrected chi connectivity index (χ2v) is 14.9. The summed E-state index contributed by atoms with van der Waals surface area (Å²) in [5.74, 6) is 1.68. The van der Waals surface area contributed by atoms with Gasteiger partial charge in [-0.1, -0.05) is 35.4 Å². The van der Waals surface area contributed by atoms with Crippen LogP contribution in [0.4, 0.5) is 36.6 Å². The summed E-state index contributed by atoms with van der Waals surface area (Å²) in [7, 11) is 1.61. The number of nitrogens with one attached hydrogen (secondary N) is 2. The predicted octanol–water partition coefficient (Wildman–Crippen LogP) is 5.39. The maximum Gasteiger partial charge on any atom is 0.435 e. The van der Waals surface area contributed by atoms with E-state index >= 15 is 8.78 Å². The number of aliphatic hydroxyl groups excluding tert-OH is 1. The van der Waals surface area contributed by atoms with Crippen molar-refractivity contribution < 1.29 is 40.6 Å². The zero-order chi connectivity index (χ0) is 40.8. The van der Waals surface area contributed by atoms with Gasteiger partial charge < -0.3 is 21.5 Å². The zero-order valence-corrected chi connectivity index (χ0v) is 30.6. The second-order valence-electron chi connectivity index (χ2n) is 14.4. The highest BCUT2D eigenvalue weighted by Gasteiger charge is 2.68. The SMILES string of the molecule is Cn1nc(N)c2c(Cl)ccc(-c3ccc(C#CC(O)C4CNC4)nc3[C@H](Cc3cc(F)cc(F)c3)NC(=O)Cn3nc(C(F)(F)F)c4c3C(F)(F)[C@@H]3C#C[C@]43C)c21. The van der Waals surface area contributed by atoms with Crippen molar-refractivity contribution in [3.63, 3.8) is 0 Å². The lowest BCUT2D eigenvalue weighted by atomic mass is 9.70. The van der Waals surface area contributed by atoms with Gasteiger partial charge in [-0.2, -0.15) is 32.1 Å². The van der Waals surface area contributed by atoms with Crippen molar-refractivity contribution in [2.24, 2.45) is 18.9 Å². The van der Waals surface area contributed by atoms with E-state index < -0.39 is 76.6 Å². The number of anilines is 1. The summed E-state index contributed by atoms with van der Waals surface area (Å²) in [6.07, 6.45) is -6.51. The Labute approximate surface area is 324 Å². The fraction of sp³-hybridized carbons (Fsp3) is 0.333. The quantitative estimate of drug-likeness (QED) is 0.122. The van der Waals surface area contributed by atoms with E-state index in [9.17, 15) is 31.9 Å². The number of rotatable bonds is 8. The first-order valence-corrected chi connectivity index (χ1v) is 17.9. The summed E-state index contributed by atoms with van der Waals surface area (Å²) in [4.78, 5) is 18.7. The molecule has 1 fully saturated rings. The average Bonchev–Trinajstić information content (AvgIpc) is 3.66.